The summed E-state index contributed by atoms with van der Waals surface area (Å²) in [6.45, 7) is 0.885. The number of thioether (sulfide) groups is 1. The zero-order valence-corrected chi connectivity index (χ0v) is 23.2. The van der Waals surface area contributed by atoms with Crippen molar-refractivity contribution in [2.24, 2.45) is 0 Å². The third kappa shape index (κ3) is 5.92. The molecule has 0 radical (unpaired) electrons. The van der Waals surface area contributed by atoms with E-state index in [9.17, 15) is 9.59 Å². The van der Waals surface area contributed by atoms with Crippen LogP contribution in [0.3, 0.4) is 0 Å². The highest BCUT2D eigenvalue weighted by Crippen LogP contribution is 2.29. The van der Waals surface area contributed by atoms with E-state index in [2.05, 4.69) is 37.5 Å². The first-order chi connectivity index (χ1) is 18.5. The SMILES string of the molecule is COc1ccc(CC(=O)NCc2nnc(SCC(=O)N3CCc4ccccc43)n2-c2ccc(Br)cc2)cc1. The molecule has 38 heavy (non-hydrogen) atoms. The van der Waals surface area contributed by atoms with Gasteiger partial charge in [-0.25, -0.2) is 0 Å². The molecule has 1 aliphatic rings. The van der Waals surface area contributed by atoms with Crippen molar-refractivity contribution in [2.75, 3.05) is 24.3 Å². The number of fused-ring (bicyclic) bond motifs is 1. The number of para-hydroxylation sites is 1. The summed E-state index contributed by atoms with van der Waals surface area (Å²) in [5, 5.41) is 12.3. The normalized spacial score (nSPS) is 12.3. The Labute approximate surface area is 233 Å². The van der Waals surface area contributed by atoms with Gasteiger partial charge in [0.1, 0.15) is 5.75 Å². The molecule has 1 aliphatic heterocycles. The third-order valence-electron chi connectivity index (χ3n) is 6.27. The monoisotopic (exact) mass is 591 g/mol. The van der Waals surface area contributed by atoms with Gasteiger partial charge in [-0.15, -0.1) is 10.2 Å². The molecule has 2 heterocycles. The van der Waals surface area contributed by atoms with Gasteiger partial charge in [0.15, 0.2) is 11.0 Å². The second kappa shape index (κ2) is 11.8. The minimum Gasteiger partial charge on any atom is -0.497 e. The smallest absolute Gasteiger partial charge is 0.237 e. The van der Waals surface area contributed by atoms with E-state index in [1.165, 1.54) is 17.3 Å². The molecule has 10 heteroatoms. The lowest BCUT2D eigenvalue weighted by molar-refractivity contribution is -0.120. The predicted octanol–water partition coefficient (Wildman–Crippen LogP) is 4.58. The van der Waals surface area contributed by atoms with Gasteiger partial charge in [0.2, 0.25) is 11.8 Å². The minimum absolute atomic E-state index is 0.0275. The van der Waals surface area contributed by atoms with Crippen LogP contribution in [0.1, 0.15) is 17.0 Å². The van der Waals surface area contributed by atoms with Crippen LogP contribution in [-0.2, 0) is 29.0 Å². The molecule has 4 aromatic rings. The highest BCUT2D eigenvalue weighted by molar-refractivity contribution is 9.10. The number of carbonyl (C=O) groups excluding carboxylic acids is 2. The van der Waals surface area contributed by atoms with E-state index in [1.807, 2.05) is 76.2 Å². The van der Waals surface area contributed by atoms with E-state index in [0.29, 0.717) is 17.5 Å². The quantitative estimate of drug-likeness (QED) is 0.287. The fourth-order valence-corrected chi connectivity index (χ4v) is 5.44. The number of halogens is 1. The number of hydrogen-bond donors (Lipinski definition) is 1. The van der Waals surface area contributed by atoms with Crippen LogP contribution >= 0.6 is 27.7 Å². The molecule has 8 nitrogen and oxygen atoms in total. The van der Waals surface area contributed by atoms with Gasteiger partial charge < -0.3 is 15.0 Å². The maximum absolute atomic E-state index is 13.1. The molecule has 0 aliphatic carbocycles. The van der Waals surface area contributed by atoms with Crippen molar-refractivity contribution in [3.63, 3.8) is 0 Å². The Kier molecular flexibility index (Phi) is 8.09. The van der Waals surface area contributed by atoms with Gasteiger partial charge in [0.25, 0.3) is 0 Å². The maximum Gasteiger partial charge on any atom is 0.237 e. The highest BCUT2D eigenvalue weighted by atomic mass is 79.9. The van der Waals surface area contributed by atoms with Crippen molar-refractivity contribution in [1.82, 2.24) is 20.1 Å². The lowest BCUT2D eigenvalue weighted by Crippen LogP contribution is -2.30. The first-order valence-corrected chi connectivity index (χ1v) is 13.9. The van der Waals surface area contributed by atoms with Crippen LogP contribution in [0.5, 0.6) is 5.75 Å². The zero-order valence-electron chi connectivity index (χ0n) is 20.8. The lowest BCUT2D eigenvalue weighted by atomic mass is 10.1. The van der Waals surface area contributed by atoms with E-state index in [0.717, 1.165) is 33.6 Å². The molecule has 2 amide bonds. The second-order valence-corrected chi connectivity index (χ2v) is 10.6. The molecule has 0 atom stereocenters. The molecule has 0 unspecified atom stereocenters. The Hall–Kier alpha value is -3.63. The number of nitrogens with one attached hydrogen (secondary N) is 1. The lowest BCUT2D eigenvalue weighted by Gasteiger charge is -2.17. The Balaban J connectivity index is 1.29. The average molecular weight is 593 g/mol. The molecule has 0 saturated heterocycles. The van der Waals surface area contributed by atoms with E-state index in [4.69, 9.17) is 4.74 Å². The summed E-state index contributed by atoms with van der Waals surface area (Å²) in [5.74, 6) is 1.45. The number of amides is 2. The summed E-state index contributed by atoms with van der Waals surface area (Å²) in [6, 6.07) is 23.2. The number of aromatic nitrogens is 3. The molecular formula is C28H26BrN5O3S. The number of hydrogen-bond acceptors (Lipinski definition) is 6. The first kappa shape index (κ1) is 26.0. The molecule has 5 rings (SSSR count). The Morgan fingerprint density at radius 1 is 1.03 bits per heavy atom. The topological polar surface area (TPSA) is 89.3 Å². The van der Waals surface area contributed by atoms with Crippen LogP contribution in [0.2, 0.25) is 0 Å². The molecule has 0 spiro atoms. The molecule has 1 N–H and O–H groups in total. The van der Waals surface area contributed by atoms with Crippen molar-refractivity contribution in [2.45, 2.75) is 24.5 Å². The van der Waals surface area contributed by atoms with Gasteiger partial charge in [-0.2, -0.15) is 0 Å². The molecule has 0 bridgehead atoms. The number of methoxy groups -OCH3 is 1. The maximum atomic E-state index is 13.1. The summed E-state index contributed by atoms with van der Waals surface area (Å²) >= 11 is 4.81. The van der Waals surface area contributed by atoms with Crippen molar-refractivity contribution in [3.8, 4) is 11.4 Å². The molecule has 0 saturated carbocycles. The van der Waals surface area contributed by atoms with Crippen molar-refractivity contribution in [3.05, 3.63) is 94.2 Å². The second-order valence-electron chi connectivity index (χ2n) is 8.72. The molecular weight excluding hydrogens is 566 g/mol. The van der Waals surface area contributed by atoms with E-state index in [-0.39, 0.29) is 30.5 Å². The third-order valence-corrected chi connectivity index (χ3v) is 7.71. The fourth-order valence-electron chi connectivity index (χ4n) is 4.33. The van der Waals surface area contributed by atoms with Crippen LogP contribution in [0.15, 0.2) is 82.4 Å². The van der Waals surface area contributed by atoms with Gasteiger partial charge in [-0.1, -0.05) is 58.0 Å². The summed E-state index contributed by atoms with van der Waals surface area (Å²) < 4.78 is 8.01. The molecule has 1 aromatic heterocycles. The van der Waals surface area contributed by atoms with Crippen LogP contribution in [-0.4, -0.2) is 46.0 Å². The number of carbonyl (C=O) groups is 2. The first-order valence-electron chi connectivity index (χ1n) is 12.1. The highest BCUT2D eigenvalue weighted by Gasteiger charge is 2.25. The number of anilines is 1. The van der Waals surface area contributed by atoms with Gasteiger partial charge in [0.05, 0.1) is 25.8 Å². The largest absolute Gasteiger partial charge is 0.497 e. The average Bonchev–Trinajstić information content (AvgIpc) is 3.56. The van der Waals surface area contributed by atoms with Gasteiger partial charge in [0, 0.05) is 22.4 Å². The molecule has 194 valence electrons. The van der Waals surface area contributed by atoms with Crippen molar-refractivity contribution < 1.29 is 14.3 Å². The molecule has 0 fully saturated rings. The fraction of sp³-hybridized carbons (Fsp3) is 0.214. The Morgan fingerprint density at radius 2 is 1.79 bits per heavy atom. The minimum atomic E-state index is -0.127. The summed E-state index contributed by atoms with van der Waals surface area (Å²) in [4.78, 5) is 27.6. The van der Waals surface area contributed by atoms with E-state index < -0.39 is 0 Å². The Morgan fingerprint density at radius 3 is 2.55 bits per heavy atom. The number of benzene rings is 3. The number of ether oxygens (including phenoxy) is 1. The zero-order chi connectivity index (χ0) is 26.5. The van der Waals surface area contributed by atoms with Crippen molar-refractivity contribution in [1.29, 1.82) is 0 Å². The van der Waals surface area contributed by atoms with Crippen LogP contribution in [0.4, 0.5) is 5.69 Å². The van der Waals surface area contributed by atoms with E-state index >= 15 is 0 Å². The number of nitrogens with zero attached hydrogens (tertiary/aromatic N) is 4. The van der Waals surface area contributed by atoms with Crippen LogP contribution < -0.4 is 15.0 Å². The number of rotatable bonds is 9. The van der Waals surface area contributed by atoms with Gasteiger partial charge in [-0.05, 0) is 60.0 Å². The summed E-state index contributed by atoms with van der Waals surface area (Å²) in [5.41, 5.74) is 3.90. The van der Waals surface area contributed by atoms with Gasteiger partial charge in [-0.3, -0.25) is 14.2 Å². The summed E-state index contributed by atoms with van der Waals surface area (Å²) in [6.07, 6.45) is 1.10. The van der Waals surface area contributed by atoms with Crippen molar-refractivity contribution >= 4 is 45.2 Å². The van der Waals surface area contributed by atoms with Crippen LogP contribution in [0.25, 0.3) is 5.69 Å². The molecule has 3 aromatic carbocycles. The summed E-state index contributed by atoms with van der Waals surface area (Å²) in [7, 11) is 1.61. The van der Waals surface area contributed by atoms with Crippen LogP contribution in [0, 0.1) is 0 Å². The van der Waals surface area contributed by atoms with E-state index in [1.54, 1.807) is 7.11 Å². The Bertz CT molecular complexity index is 1440. The van der Waals surface area contributed by atoms with Gasteiger partial charge >= 0.3 is 0 Å². The standard InChI is InChI=1S/C28H26BrN5O3S/c1-37-23-12-6-19(7-13-23)16-26(35)30-17-25-31-32-28(34(25)22-10-8-21(29)9-11-22)38-18-27(36)33-15-14-20-4-2-3-5-24(20)33/h2-13H,14-18H2,1H3,(H,30,35). The predicted molar refractivity (Wildman–Crippen MR) is 151 cm³/mol.